The van der Waals surface area contributed by atoms with Crippen molar-refractivity contribution in [3.63, 3.8) is 0 Å². The van der Waals surface area contributed by atoms with Gasteiger partial charge in [0.2, 0.25) is 0 Å². The van der Waals surface area contributed by atoms with E-state index in [9.17, 15) is 4.79 Å². The van der Waals surface area contributed by atoms with Crippen LogP contribution < -0.4 is 10.2 Å². The Morgan fingerprint density at radius 3 is 2.85 bits per heavy atom. The van der Waals surface area contributed by atoms with E-state index in [-0.39, 0.29) is 5.91 Å². The molecule has 0 saturated carbocycles. The minimum Gasteiger partial charge on any atom is -0.353 e. The predicted octanol–water partition coefficient (Wildman–Crippen LogP) is 3.17. The van der Waals surface area contributed by atoms with E-state index in [2.05, 4.69) is 15.3 Å². The van der Waals surface area contributed by atoms with Crippen LogP contribution in [0.4, 0.5) is 5.82 Å². The highest BCUT2D eigenvalue weighted by Gasteiger charge is 2.19. The van der Waals surface area contributed by atoms with Crippen LogP contribution in [0.2, 0.25) is 5.02 Å². The Hall–Kier alpha value is -2.25. The number of aryl methyl sites for hydroxylation is 1. The van der Waals surface area contributed by atoms with Crippen molar-refractivity contribution in [3.05, 3.63) is 58.5 Å². The summed E-state index contributed by atoms with van der Waals surface area (Å²) in [5.41, 5.74) is 2.99. The normalized spacial score (nSPS) is 14.5. The van der Waals surface area contributed by atoms with Crippen molar-refractivity contribution >= 4 is 40.6 Å². The van der Waals surface area contributed by atoms with Crippen LogP contribution in [-0.4, -0.2) is 45.1 Å². The maximum absolute atomic E-state index is 12.6. The maximum atomic E-state index is 12.6. The molecule has 0 bridgehead atoms. The van der Waals surface area contributed by atoms with Gasteiger partial charge in [0.1, 0.15) is 5.52 Å². The molecule has 1 N–H and O–H groups in total. The molecule has 1 aliphatic heterocycles. The largest absolute Gasteiger partial charge is 0.353 e. The van der Waals surface area contributed by atoms with Crippen molar-refractivity contribution in [2.75, 3.05) is 29.5 Å². The van der Waals surface area contributed by atoms with Crippen LogP contribution >= 0.6 is 23.4 Å². The molecule has 0 spiro atoms. The molecule has 1 aliphatic rings. The summed E-state index contributed by atoms with van der Waals surface area (Å²) >= 11 is 8.11. The predicted molar refractivity (Wildman–Crippen MR) is 110 cm³/mol. The molecule has 6 nitrogen and oxygen atoms in total. The number of nitrogens with zero attached hydrogens (tertiary/aromatic N) is 4. The fraction of sp³-hybridized carbons (Fsp3) is 0.316. The average molecular weight is 402 g/mol. The average Bonchev–Trinajstić information content (AvgIpc) is 3.11. The Balaban J connectivity index is 1.59. The van der Waals surface area contributed by atoms with Crippen LogP contribution in [0.25, 0.3) is 5.52 Å². The Bertz CT molecular complexity index is 983. The van der Waals surface area contributed by atoms with E-state index in [0.29, 0.717) is 17.3 Å². The molecule has 1 fully saturated rings. The summed E-state index contributed by atoms with van der Waals surface area (Å²) in [5.74, 6) is 2.84. The van der Waals surface area contributed by atoms with Gasteiger partial charge in [-0.15, -0.1) is 0 Å². The first-order valence-electron chi connectivity index (χ1n) is 8.83. The first-order chi connectivity index (χ1) is 13.1. The number of carbonyl (C=O) groups is 1. The Morgan fingerprint density at radius 2 is 2.07 bits per heavy atom. The van der Waals surface area contributed by atoms with Crippen LogP contribution in [0.5, 0.6) is 0 Å². The Labute approximate surface area is 166 Å². The van der Waals surface area contributed by atoms with Gasteiger partial charge in [-0.25, -0.2) is 9.50 Å². The summed E-state index contributed by atoms with van der Waals surface area (Å²) in [6.07, 6.45) is 1.85. The zero-order valence-corrected chi connectivity index (χ0v) is 16.6. The minimum atomic E-state index is -0.226. The first-order valence-corrected chi connectivity index (χ1v) is 10.4. The van der Waals surface area contributed by atoms with Crippen LogP contribution in [0.3, 0.4) is 0 Å². The standard InChI is InChI=1S/C19H20ClN5OS/c1-13-12-25-17(18(22-13)24-6-8-27-9-7-24)10-16(23-25)19(26)21-11-14-4-2-3-5-15(14)20/h2-5,10,12H,6-9,11H2,1H3,(H,21,26). The van der Waals surface area contributed by atoms with Gasteiger partial charge in [-0.2, -0.15) is 16.9 Å². The third kappa shape index (κ3) is 3.89. The Kier molecular flexibility index (Phi) is 5.22. The SMILES string of the molecule is Cc1cn2nc(C(=O)NCc3ccccc3Cl)cc2c(N2CCSCC2)n1. The van der Waals surface area contributed by atoms with Gasteiger partial charge in [-0.1, -0.05) is 29.8 Å². The van der Waals surface area contributed by atoms with E-state index in [4.69, 9.17) is 16.6 Å². The molecule has 0 atom stereocenters. The molecule has 1 amide bonds. The molecule has 27 heavy (non-hydrogen) atoms. The number of nitrogens with one attached hydrogen (secondary N) is 1. The smallest absolute Gasteiger partial charge is 0.272 e. The van der Waals surface area contributed by atoms with E-state index in [1.807, 2.05) is 55.2 Å². The van der Waals surface area contributed by atoms with Crippen molar-refractivity contribution in [3.8, 4) is 0 Å². The molecule has 0 unspecified atom stereocenters. The molecular weight excluding hydrogens is 382 g/mol. The van der Waals surface area contributed by atoms with Crippen molar-refractivity contribution < 1.29 is 4.79 Å². The number of rotatable bonds is 4. The summed E-state index contributed by atoms with van der Waals surface area (Å²) in [5, 5.41) is 7.99. The molecule has 1 aromatic carbocycles. The van der Waals surface area contributed by atoms with E-state index in [0.717, 1.165) is 47.2 Å². The van der Waals surface area contributed by atoms with Gasteiger partial charge in [-0.05, 0) is 18.6 Å². The molecule has 1 saturated heterocycles. The van der Waals surface area contributed by atoms with Gasteiger partial charge in [-0.3, -0.25) is 4.79 Å². The van der Waals surface area contributed by atoms with Crippen LogP contribution in [-0.2, 0) is 6.54 Å². The quantitative estimate of drug-likeness (QED) is 0.727. The summed E-state index contributed by atoms with van der Waals surface area (Å²) in [7, 11) is 0. The lowest BCUT2D eigenvalue weighted by atomic mass is 10.2. The van der Waals surface area contributed by atoms with E-state index in [1.165, 1.54) is 0 Å². The monoisotopic (exact) mass is 401 g/mol. The number of amides is 1. The number of halogens is 1. The molecular formula is C19H20ClN5OS. The summed E-state index contributed by atoms with van der Waals surface area (Å²) in [6.45, 7) is 4.21. The fourth-order valence-corrected chi connectivity index (χ4v) is 4.22. The maximum Gasteiger partial charge on any atom is 0.272 e. The second kappa shape index (κ2) is 7.78. The third-order valence-electron chi connectivity index (χ3n) is 4.50. The van der Waals surface area contributed by atoms with Gasteiger partial charge >= 0.3 is 0 Å². The highest BCUT2D eigenvalue weighted by molar-refractivity contribution is 7.99. The lowest BCUT2D eigenvalue weighted by molar-refractivity contribution is 0.0945. The van der Waals surface area contributed by atoms with Gasteiger partial charge in [0.25, 0.3) is 5.91 Å². The van der Waals surface area contributed by atoms with Gasteiger partial charge in [0.05, 0.1) is 11.9 Å². The molecule has 0 aliphatic carbocycles. The third-order valence-corrected chi connectivity index (χ3v) is 5.81. The highest BCUT2D eigenvalue weighted by atomic mass is 35.5. The fourth-order valence-electron chi connectivity index (χ4n) is 3.12. The van der Waals surface area contributed by atoms with E-state index in [1.54, 1.807) is 4.52 Å². The summed E-state index contributed by atoms with van der Waals surface area (Å²) in [6, 6.07) is 9.28. The van der Waals surface area contributed by atoms with Crippen LogP contribution in [0.1, 0.15) is 21.7 Å². The van der Waals surface area contributed by atoms with Crippen LogP contribution in [0.15, 0.2) is 36.5 Å². The van der Waals surface area contributed by atoms with Crippen molar-refractivity contribution in [1.29, 1.82) is 0 Å². The van der Waals surface area contributed by atoms with E-state index >= 15 is 0 Å². The zero-order valence-electron chi connectivity index (χ0n) is 15.0. The van der Waals surface area contributed by atoms with Crippen molar-refractivity contribution in [2.24, 2.45) is 0 Å². The molecule has 4 rings (SSSR count). The van der Waals surface area contributed by atoms with Crippen molar-refractivity contribution in [1.82, 2.24) is 19.9 Å². The molecule has 3 heterocycles. The highest BCUT2D eigenvalue weighted by Crippen LogP contribution is 2.24. The number of aromatic nitrogens is 3. The number of hydrogen-bond acceptors (Lipinski definition) is 5. The van der Waals surface area contributed by atoms with Crippen molar-refractivity contribution in [2.45, 2.75) is 13.5 Å². The lowest BCUT2D eigenvalue weighted by Gasteiger charge is -2.28. The number of anilines is 1. The molecule has 2 aromatic heterocycles. The summed E-state index contributed by atoms with van der Waals surface area (Å²) < 4.78 is 1.75. The lowest BCUT2D eigenvalue weighted by Crippen LogP contribution is -2.33. The second-order valence-electron chi connectivity index (χ2n) is 6.44. The van der Waals surface area contributed by atoms with Gasteiger partial charge in [0.15, 0.2) is 11.5 Å². The molecule has 8 heteroatoms. The summed E-state index contributed by atoms with van der Waals surface area (Å²) in [4.78, 5) is 19.6. The van der Waals surface area contributed by atoms with Gasteiger partial charge < -0.3 is 10.2 Å². The molecule has 3 aromatic rings. The zero-order chi connectivity index (χ0) is 18.8. The number of thioether (sulfide) groups is 1. The number of benzene rings is 1. The number of hydrogen-bond donors (Lipinski definition) is 1. The molecule has 140 valence electrons. The minimum absolute atomic E-state index is 0.226. The second-order valence-corrected chi connectivity index (χ2v) is 8.07. The number of fused-ring (bicyclic) bond motifs is 1. The topological polar surface area (TPSA) is 62.5 Å². The van der Waals surface area contributed by atoms with Gasteiger partial charge in [0, 0.05) is 42.2 Å². The number of carbonyl (C=O) groups excluding carboxylic acids is 1. The van der Waals surface area contributed by atoms with Crippen LogP contribution in [0, 0.1) is 6.92 Å². The first kappa shape index (κ1) is 18.1. The Morgan fingerprint density at radius 1 is 1.30 bits per heavy atom. The van der Waals surface area contributed by atoms with E-state index < -0.39 is 0 Å². The molecule has 0 radical (unpaired) electrons.